The summed E-state index contributed by atoms with van der Waals surface area (Å²) in [6.07, 6.45) is 1.75. The van der Waals surface area contributed by atoms with Crippen molar-refractivity contribution in [3.8, 4) is 5.75 Å². The monoisotopic (exact) mass is 292 g/mol. The fraction of sp³-hybridized carbons (Fsp3) is 0.154. The van der Waals surface area contributed by atoms with Crippen molar-refractivity contribution >= 4 is 15.9 Å². The van der Waals surface area contributed by atoms with Gasteiger partial charge in [-0.25, -0.2) is 0 Å². The molecule has 0 atom stereocenters. The first-order chi connectivity index (χ1) is 8.28. The van der Waals surface area contributed by atoms with Crippen LogP contribution in [-0.2, 0) is 13.2 Å². The Balaban J connectivity index is 2.02. The zero-order valence-electron chi connectivity index (χ0n) is 9.27. The standard InChI is InChI=1S/C13H13BrN2O/c14-11-2-1-3-13(7-11)17-9-10-4-5-16-12(6-10)8-15/h1-7H,8-9,15H2. The molecule has 0 amide bonds. The molecule has 88 valence electrons. The van der Waals surface area contributed by atoms with E-state index in [9.17, 15) is 0 Å². The van der Waals surface area contributed by atoms with Gasteiger partial charge in [0, 0.05) is 17.2 Å². The Kier molecular flexibility index (Phi) is 4.12. The van der Waals surface area contributed by atoms with Gasteiger partial charge in [-0.1, -0.05) is 22.0 Å². The molecule has 2 N–H and O–H groups in total. The average molecular weight is 293 g/mol. The summed E-state index contributed by atoms with van der Waals surface area (Å²) in [5, 5.41) is 0. The minimum Gasteiger partial charge on any atom is -0.489 e. The molecule has 1 heterocycles. The normalized spacial score (nSPS) is 10.2. The Hall–Kier alpha value is -1.39. The van der Waals surface area contributed by atoms with Gasteiger partial charge in [-0.15, -0.1) is 0 Å². The number of hydrogen-bond acceptors (Lipinski definition) is 3. The van der Waals surface area contributed by atoms with Crippen molar-refractivity contribution in [2.45, 2.75) is 13.2 Å². The molecule has 0 aliphatic carbocycles. The predicted octanol–water partition coefficient (Wildman–Crippen LogP) is 2.88. The summed E-state index contributed by atoms with van der Waals surface area (Å²) in [6.45, 7) is 0.969. The van der Waals surface area contributed by atoms with Crippen molar-refractivity contribution in [2.75, 3.05) is 0 Å². The van der Waals surface area contributed by atoms with Crippen LogP contribution < -0.4 is 10.5 Å². The van der Waals surface area contributed by atoms with Gasteiger partial charge in [0.1, 0.15) is 12.4 Å². The smallest absolute Gasteiger partial charge is 0.120 e. The largest absolute Gasteiger partial charge is 0.489 e. The Morgan fingerprint density at radius 3 is 2.88 bits per heavy atom. The van der Waals surface area contributed by atoms with E-state index in [1.54, 1.807) is 6.20 Å². The lowest BCUT2D eigenvalue weighted by Crippen LogP contribution is -2.02. The van der Waals surface area contributed by atoms with Crippen molar-refractivity contribution in [3.63, 3.8) is 0 Å². The van der Waals surface area contributed by atoms with Crippen molar-refractivity contribution in [3.05, 3.63) is 58.3 Å². The second-order valence-corrected chi connectivity index (χ2v) is 4.52. The number of hydrogen-bond donors (Lipinski definition) is 1. The van der Waals surface area contributed by atoms with E-state index in [2.05, 4.69) is 20.9 Å². The maximum atomic E-state index is 5.67. The lowest BCUT2D eigenvalue weighted by atomic mass is 10.2. The summed E-state index contributed by atoms with van der Waals surface area (Å²) >= 11 is 3.40. The molecule has 0 aliphatic heterocycles. The van der Waals surface area contributed by atoms with Crippen LogP contribution in [0.25, 0.3) is 0 Å². The molecular weight excluding hydrogens is 280 g/mol. The van der Waals surface area contributed by atoms with Gasteiger partial charge in [0.25, 0.3) is 0 Å². The third-order valence-corrected chi connectivity index (χ3v) is 2.78. The van der Waals surface area contributed by atoms with Crippen molar-refractivity contribution in [2.24, 2.45) is 5.73 Å². The van der Waals surface area contributed by atoms with Gasteiger partial charge < -0.3 is 10.5 Å². The van der Waals surface area contributed by atoms with Crippen LogP contribution in [0.2, 0.25) is 0 Å². The van der Waals surface area contributed by atoms with E-state index in [4.69, 9.17) is 10.5 Å². The van der Waals surface area contributed by atoms with Gasteiger partial charge in [-0.3, -0.25) is 4.98 Å². The lowest BCUT2D eigenvalue weighted by Gasteiger charge is -2.07. The van der Waals surface area contributed by atoms with Gasteiger partial charge in [-0.05, 0) is 35.9 Å². The third-order valence-electron chi connectivity index (χ3n) is 2.29. The molecule has 0 radical (unpaired) electrons. The highest BCUT2D eigenvalue weighted by Crippen LogP contribution is 2.18. The first kappa shape index (κ1) is 12.1. The van der Waals surface area contributed by atoms with Crippen LogP contribution in [0.3, 0.4) is 0 Å². The van der Waals surface area contributed by atoms with Crippen LogP contribution in [-0.4, -0.2) is 4.98 Å². The summed E-state index contributed by atoms with van der Waals surface area (Å²) in [4.78, 5) is 4.14. The van der Waals surface area contributed by atoms with Gasteiger partial charge in [0.2, 0.25) is 0 Å². The Morgan fingerprint density at radius 1 is 1.24 bits per heavy atom. The maximum absolute atomic E-state index is 5.67. The highest BCUT2D eigenvalue weighted by molar-refractivity contribution is 9.10. The quantitative estimate of drug-likeness (QED) is 0.943. The van der Waals surface area contributed by atoms with Crippen LogP contribution >= 0.6 is 15.9 Å². The van der Waals surface area contributed by atoms with E-state index in [0.29, 0.717) is 13.2 Å². The minimum atomic E-state index is 0.449. The molecule has 0 unspecified atom stereocenters. The fourth-order valence-electron chi connectivity index (χ4n) is 1.45. The Bertz CT molecular complexity index is 502. The highest BCUT2D eigenvalue weighted by Gasteiger charge is 1.98. The van der Waals surface area contributed by atoms with Crippen LogP contribution in [0.15, 0.2) is 47.1 Å². The number of nitrogens with two attached hydrogens (primary N) is 1. The molecule has 17 heavy (non-hydrogen) atoms. The summed E-state index contributed by atoms with van der Waals surface area (Å²) in [6, 6.07) is 11.7. The number of pyridine rings is 1. The molecular formula is C13H13BrN2O. The zero-order valence-corrected chi connectivity index (χ0v) is 10.9. The molecule has 4 heteroatoms. The van der Waals surface area contributed by atoms with Crippen molar-refractivity contribution < 1.29 is 4.74 Å². The van der Waals surface area contributed by atoms with Gasteiger partial charge >= 0.3 is 0 Å². The van der Waals surface area contributed by atoms with E-state index >= 15 is 0 Å². The van der Waals surface area contributed by atoms with Crippen LogP contribution in [0.1, 0.15) is 11.3 Å². The molecule has 0 aliphatic rings. The molecule has 0 bridgehead atoms. The molecule has 0 fully saturated rings. The molecule has 1 aromatic carbocycles. The van der Waals surface area contributed by atoms with E-state index < -0.39 is 0 Å². The highest BCUT2D eigenvalue weighted by atomic mass is 79.9. The summed E-state index contributed by atoms with van der Waals surface area (Å²) in [5.74, 6) is 0.838. The SMILES string of the molecule is NCc1cc(COc2cccc(Br)c2)ccn1. The van der Waals surface area contributed by atoms with Crippen molar-refractivity contribution in [1.29, 1.82) is 0 Å². The topological polar surface area (TPSA) is 48.1 Å². The lowest BCUT2D eigenvalue weighted by molar-refractivity contribution is 0.306. The maximum Gasteiger partial charge on any atom is 0.120 e. The Morgan fingerprint density at radius 2 is 2.12 bits per heavy atom. The zero-order chi connectivity index (χ0) is 12.1. The summed E-state index contributed by atoms with van der Waals surface area (Å²) in [5.41, 5.74) is 7.48. The van der Waals surface area contributed by atoms with Crippen LogP contribution in [0, 0.1) is 0 Å². The van der Waals surface area contributed by atoms with E-state index in [0.717, 1.165) is 21.5 Å². The second kappa shape index (κ2) is 5.80. The van der Waals surface area contributed by atoms with Crippen LogP contribution in [0.4, 0.5) is 0 Å². The number of rotatable bonds is 4. The van der Waals surface area contributed by atoms with Gasteiger partial charge in [0.05, 0.1) is 5.69 Å². The predicted molar refractivity (Wildman–Crippen MR) is 70.6 cm³/mol. The Labute approximate surface area is 109 Å². The number of halogens is 1. The molecule has 1 aromatic heterocycles. The van der Waals surface area contributed by atoms with E-state index in [1.165, 1.54) is 0 Å². The number of nitrogens with zero attached hydrogens (tertiary/aromatic N) is 1. The first-order valence-electron chi connectivity index (χ1n) is 5.30. The third kappa shape index (κ3) is 3.54. The molecule has 2 aromatic rings. The molecule has 3 nitrogen and oxygen atoms in total. The second-order valence-electron chi connectivity index (χ2n) is 3.61. The first-order valence-corrected chi connectivity index (χ1v) is 6.09. The van der Waals surface area contributed by atoms with Crippen molar-refractivity contribution in [1.82, 2.24) is 4.98 Å². The molecule has 0 saturated heterocycles. The number of aromatic nitrogens is 1. The van der Waals surface area contributed by atoms with E-state index in [1.807, 2.05) is 36.4 Å². The molecule has 2 rings (SSSR count). The average Bonchev–Trinajstić information content (AvgIpc) is 2.37. The van der Waals surface area contributed by atoms with E-state index in [-0.39, 0.29) is 0 Å². The summed E-state index contributed by atoms with van der Waals surface area (Å²) < 4.78 is 6.68. The molecule has 0 saturated carbocycles. The number of ether oxygens (including phenoxy) is 1. The van der Waals surface area contributed by atoms with Gasteiger partial charge in [0.15, 0.2) is 0 Å². The number of benzene rings is 1. The fourth-order valence-corrected chi connectivity index (χ4v) is 1.83. The van der Waals surface area contributed by atoms with Crippen LogP contribution in [0.5, 0.6) is 5.75 Å². The minimum absolute atomic E-state index is 0.449. The van der Waals surface area contributed by atoms with Gasteiger partial charge in [-0.2, -0.15) is 0 Å². The summed E-state index contributed by atoms with van der Waals surface area (Å²) in [7, 11) is 0. The molecule has 0 spiro atoms.